The molecule has 6 heteroatoms. The molecule has 1 aromatic rings. The second-order valence-corrected chi connectivity index (χ2v) is 15.0. The van der Waals surface area contributed by atoms with Gasteiger partial charge in [-0.1, -0.05) is 51.1 Å². The van der Waals surface area contributed by atoms with Crippen molar-refractivity contribution in [2.45, 2.75) is 77.7 Å². The highest BCUT2D eigenvalue weighted by atomic mass is 28.4. The fraction of sp³-hybridized carbons (Fsp3) is 0.565. The first-order valence-electron chi connectivity index (χ1n) is 10.2. The number of ketones is 1. The lowest BCUT2D eigenvalue weighted by atomic mass is 9.99. The molecule has 0 radical (unpaired) electrons. The first kappa shape index (κ1) is 23.4. The molecule has 1 heterocycles. The molecule has 5 nitrogen and oxygen atoms in total. The number of rotatable bonds is 4. The summed E-state index contributed by atoms with van der Waals surface area (Å²) in [5.74, 6) is -0.00695. The van der Waals surface area contributed by atoms with Crippen LogP contribution in [0, 0.1) is 0 Å². The Morgan fingerprint density at radius 2 is 1.69 bits per heavy atom. The first-order chi connectivity index (χ1) is 13.2. The van der Waals surface area contributed by atoms with Crippen LogP contribution in [0.5, 0.6) is 0 Å². The summed E-state index contributed by atoms with van der Waals surface area (Å²) in [7, 11) is -2.03. The zero-order chi connectivity index (χ0) is 22.0. The van der Waals surface area contributed by atoms with Crippen LogP contribution in [0.1, 0.15) is 53.5 Å². The number of carbonyl (C=O) groups is 2. The van der Waals surface area contributed by atoms with Gasteiger partial charge in [0.2, 0.25) is 0 Å². The molecule has 29 heavy (non-hydrogen) atoms. The molecule has 160 valence electrons. The number of hydrogen-bond acceptors (Lipinski definition) is 4. The summed E-state index contributed by atoms with van der Waals surface area (Å²) in [6.07, 6.45) is 1.32. The van der Waals surface area contributed by atoms with Crippen LogP contribution in [0.25, 0.3) is 5.70 Å². The molecule has 1 atom stereocenters. The third-order valence-corrected chi connectivity index (χ3v) is 9.96. The van der Waals surface area contributed by atoms with Crippen LogP contribution in [0.4, 0.5) is 4.79 Å². The smallest absolute Gasteiger partial charge is 0.415 e. The molecule has 0 bridgehead atoms. The zero-order valence-electron chi connectivity index (χ0n) is 19.0. The highest BCUT2D eigenvalue weighted by Gasteiger charge is 2.41. The molecule has 1 aliphatic rings. The summed E-state index contributed by atoms with van der Waals surface area (Å²) in [5, 5.41) is 0.0422. The van der Waals surface area contributed by atoms with Crippen molar-refractivity contribution in [2.24, 2.45) is 0 Å². The first-order valence-corrected chi connectivity index (χ1v) is 13.1. The van der Waals surface area contributed by atoms with Crippen molar-refractivity contribution >= 4 is 25.9 Å². The minimum atomic E-state index is -2.03. The number of carbonyl (C=O) groups excluding carboxylic acids is 2. The number of amides is 1. The Morgan fingerprint density at radius 3 is 2.21 bits per heavy atom. The Hall–Kier alpha value is -1.92. The summed E-state index contributed by atoms with van der Waals surface area (Å²) in [6.45, 7) is 16.7. The Morgan fingerprint density at radius 1 is 1.10 bits per heavy atom. The molecule has 0 unspecified atom stereocenters. The molecule has 0 fully saturated rings. The highest BCUT2D eigenvalue weighted by molar-refractivity contribution is 6.74. The molecule has 2 rings (SSSR count). The maximum Gasteiger partial charge on any atom is 0.415 e. The Bertz CT molecular complexity index is 772. The van der Waals surface area contributed by atoms with E-state index in [0.29, 0.717) is 12.3 Å². The number of hydrogen-bond donors (Lipinski definition) is 0. The van der Waals surface area contributed by atoms with Gasteiger partial charge in [0.15, 0.2) is 14.1 Å². The molecule has 0 spiro atoms. The maximum absolute atomic E-state index is 13.1. The third-order valence-electron chi connectivity index (χ3n) is 5.46. The second kappa shape index (κ2) is 8.44. The van der Waals surface area contributed by atoms with E-state index in [0.717, 1.165) is 5.56 Å². The quantitative estimate of drug-likeness (QED) is 0.596. The van der Waals surface area contributed by atoms with E-state index in [2.05, 4.69) is 33.9 Å². The molecule has 0 N–H and O–H groups in total. The molecule has 0 saturated carbocycles. The van der Waals surface area contributed by atoms with Gasteiger partial charge in [-0.2, -0.15) is 0 Å². The molecule has 1 aromatic carbocycles. The van der Waals surface area contributed by atoms with Crippen LogP contribution in [0.3, 0.4) is 0 Å². The average molecular weight is 418 g/mol. The Balaban J connectivity index is 2.39. The SMILES string of the molecule is CC(C)(C)OC(=O)N1C(c2ccccc2)=CC(=O)C[C@@H]1CO[Si](C)(C)C(C)(C)C. The van der Waals surface area contributed by atoms with E-state index in [1.165, 1.54) is 0 Å². The van der Waals surface area contributed by atoms with Gasteiger partial charge in [0.05, 0.1) is 18.3 Å². The van der Waals surface area contributed by atoms with Crippen molar-refractivity contribution in [3.63, 3.8) is 0 Å². The molecule has 0 saturated heterocycles. The summed E-state index contributed by atoms with van der Waals surface area (Å²) in [4.78, 5) is 27.3. The van der Waals surface area contributed by atoms with Crippen LogP contribution in [-0.2, 0) is 14.0 Å². The Labute approximate surface area is 176 Å². The molecular formula is C23H35NO4Si. The summed E-state index contributed by atoms with van der Waals surface area (Å²) in [5.41, 5.74) is 0.745. The zero-order valence-corrected chi connectivity index (χ0v) is 20.0. The number of benzene rings is 1. The monoisotopic (exact) mass is 417 g/mol. The largest absolute Gasteiger partial charge is 0.443 e. The van der Waals surface area contributed by atoms with Gasteiger partial charge >= 0.3 is 6.09 Å². The average Bonchev–Trinajstić information content (AvgIpc) is 2.57. The predicted octanol–water partition coefficient (Wildman–Crippen LogP) is 5.63. The molecule has 1 aliphatic heterocycles. The van der Waals surface area contributed by atoms with Gasteiger partial charge in [0.25, 0.3) is 0 Å². The summed E-state index contributed by atoms with van der Waals surface area (Å²) in [6, 6.07) is 9.09. The number of ether oxygens (including phenoxy) is 1. The van der Waals surface area contributed by atoms with E-state index in [4.69, 9.17) is 9.16 Å². The standard InChI is InChI=1S/C23H35NO4Si/c1-22(2,3)28-21(26)24-18(16-27-29(7,8)23(4,5)6)14-19(25)15-20(24)17-12-10-9-11-13-17/h9-13,15,18H,14,16H2,1-8H3/t18-/m1/s1. The van der Waals surface area contributed by atoms with E-state index < -0.39 is 26.1 Å². The van der Waals surface area contributed by atoms with Crippen LogP contribution >= 0.6 is 0 Å². The lowest BCUT2D eigenvalue weighted by Gasteiger charge is -2.41. The molecule has 0 aromatic heterocycles. The van der Waals surface area contributed by atoms with Crippen molar-refractivity contribution in [1.29, 1.82) is 0 Å². The molecular weight excluding hydrogens is 382 g/mol. The van der Waals surface area contributed by atoms with Crippen LogP contribution in [0.2, 0.25) is 18.1 Å². The minimum Gasteiger partial charge on any atom is -0.443 e. The van der Waals surface area contributed by atoms with Crippen molar-refractivity contribution in [1.82, 2.24) is 4.90 Å². The summed E-state index contributed by atoms with van der Waals surface area (Å²) < 4.78 is 12.1. The highest BCUT2D eigenvalue weighted by Crippen LogP contribution is 2.37. The van der Waals surface area contributed by atoms with Gasteiger partial charge in [-0.05, 0) is 44.5 Å². The van der Waals surface area contributed by atoms with Gasteiger partial charge < -0.3 is 9.16 Å². The van der Waals surface area contributed by atoms with Gasteiger partial charge in [0, 0.05) is 12.5 Å². The van der Waals surface area contributed by atoms with Crippen LogP contribution in [-0.4, -0.2) is 43.3 Å². The van der Waals surface area contributed by atoms with Crippen LogP contribution < -0.4 is 0 Å². The lowest BCUT2D eigenvalue weighted by Crippen LogP contribution is -2.50. The van der Waals surface area contributed by atoms with Gasteiger partial charge in [0.1, 0.15) is 5.60 Å². The van der Waals surface area contributed by atoms with E-state index in [-0.39, 0.29) is 17.2 Å². The summed E-state index contributed by atoms with van der Waals surface area (Å²) >= 11 is 0. The fourth-order valence-electron chi connectivity index (χ4n) is 2.85. The lowest BCUT2D eigenvalue weighted by molar-refractivity contribution is -0.116. The second-order valence-electron chi connectivity index (χ2n) is 10.1. The maximum atomic E-state index is 13.1. The normalized spacial score (nSPS) is 18.5. The van der Waals surface area contributed by atoms with E-state index >= 15 is 0 Å². The Kier molecular flexibility index (Phi) is 6.80. The van der Waals surface area contributed by atoms with Crippen molar-refractivity contribution < 1.29 is 18.8 Å². The van der Waals surface area contributed by atoms with Crippen molar-refractivity contribution in [2.75, 3.05) is 6.61 Å². The van der Waals surface area contributed by atoms with Crippen molar-refractivity contribution in [3.05, 3.63) is 42.0 Å². The van der Waals surface area contributed by atoms with Gasteiger partial charge in [-0.25, -0.2) is 4.79 Å². The van der Waals surface area contributed by atoms with Gasteiger partial charge in [-0.15, -0.1) is 0 Å². The van der Waals surface area contributed by atoms with E-state index in [9.17, 15) is 9.59 Å². The van der Waals surface area contributed by atoms with Gasteiger partial charge in [-0.3, -0.25) is 9.69 Å². The molecule has 1 amide bonds. The van der Waals surface area contributed by atoms with E-state index in [1.54, 1.807) is 11.0 Å². The predicted molar refractivity (Wildman–Crippen MR) is 119 cm³/mol. The van der Waals surface area contributed by atoms with Crippen LogP contribution in [0.15, 0.2) is 36.4 Å². The third kappa shape index (κ3) is 6.03. The topological polar surface area (TPSA) is 55.8 Å². The fourth-order valence-corrected chi connectivity index (χ4v) is 3.89. The molecule has 0 aliphatic carbocycles. The van der Waals surface area contributed by atoms with Crippen molar-refractivity contribution in [3.8, 4) is 0 Å². The number of nitrogens with zero attached hydrogens (tertiary/aromatic N) is 1. The minimum absolute atomic E-state index is 0.00695. The van der Waals surface area contributed by atoms with E-state index in [1.807, 2.05) is 51.1 Å². The number of allylic oxidation sites excluding steroid dienone is 1.